The van der Waals surface area contributed by atoms with Gasteiger partial charge in [-0.25, -0.2) is 9.78 Å². The van der Waals surface area contributed by atoms with Crippen molar-refractivity contribution in [1.29, 1.82) is 0 Å². The number of benzene rings is 2. The molecule has 0 spiro atoms. The summed E-state index contributed by atoms with van der Waals surface area (Å²) in [6.45, 7) is 0.990. The zero-order valence-corrected chi connectivity index (χ0v) is 15.9. The maximum absolute atomic E-state index is 12.8. The predicted octanol–water partition coefficient (Wildman–Crippen LogP) is 4.30. The van der Waals surface area contributed by atoms with Gasteiger partial charge in [0.1, 0.15) is 11.1 Å². The largest absolute Gasteiger partial charge is 0.470 e. The molecule has 0 radical (unpaired) electrons. The molecule has 2 aromatic carbocycles. The minimum absolute atomic E-state index is 0.106. The summed E-state index contributed by atoms with van der Waals surface area (Å²) < 4.78 is 5.77. The third-order valence-corrected chi connectivity index (χ3v) is 4.96. The van der Waals surface area contributed by atoms with E-state index < -0.39 is 0 Å². The zero-order chi connectivity index (χ0) is 19.3. The molecule has 1 saturated heterocycles. The molecule has 2 heterocycles. The number of nitrogens with zero attached hydrogens (tertiary/aromatic N) is 2. The normalized spacial score (nSPS) is 13.9. The summed E-state index contributed by atoms with van der Waals surface area (Å²) in [5.74, 6) is 0.403. The van der Waals surface area contributed by atoms with Crippen molar-refractivity contribution in [3.63, 3.8) is 0 Å². The maximum atomic E-state index is 12.8. The van der Waals surface area contributed by atoms with Gasteiger partial charge in [-0.3, -0.25) is 0 Å². The molecular formula is C22H20ClN3O2. The zero-order valence-electron chi connectivity index (χ0n) is 15.2. The van der Waals surface area contributed by atoms with E-state index in [0.29, 0.717) is 24.0 Å². The number of ether oxygens (including phenoxy) is 1. The number of amides is 2. The number of carbonyl (C=O) groups is 1. The smallest absolute Gasteiger partial charge is 0.318 e. The molecule has 28 heavy (non-hydrogen) atoms. The standard InChI is InChI=1S/C22H20ClN3O2/c23-19-12-7-13-24-21(19)28-18-14-26(15-18)22(27)25-20(16-8-3-1-4-9-16)17-10-5-2-6-11-17/h1-13,18,20H,14-15H2,(H,25,27). The van der Waals surface area contributed by atoms with Gasteiger partial charge in [0.2, 0.25) is 5.88 Å². The Bertz CT molecular complexity index is 891. The summed E-state index contributed by atoms with van der Waals surface area (Å²) in [6, 6.07) is 23.1. The average Bonchev–Trinajstić information content (AvgIpc) is 2.71. The van der Waals surface area contributed by atoms with Gasteiger partial charge in [0, 0.05) is 6.20 Å². The van der Waals surface area contributed by atoms with E-state index in [1.807, 2.05) is 60.7 Å². The van der Waals surface area contributed by atoms with Gasteiger partial charge in [-0.15, -0.1) is 0 Å². The van der Waals surface area contributed by atoms with Crippen molar-refractivity contribution in [2.45, 2.75) is 12.1 Å². The quantitative estimate of drug-likeness (QED) is 0.703. The van der Waals surface area contributed by atoms with E-state index >= 15 is 0 Å². The van der Waals surface area contributed by atoms with Crippen LogP contribution in [-0.4, -0.2) is 35.1 Å². The molecule has 142 valence electrons. The van der Waals surface area contributed by atoms with Gasteiger partial charge in [-0.2, -0.15) is 0 Å². The lowest BCUT2D eigenvalue weighted by atomic mass is 9.99. The van der Waals surface area contributed by atoms with Gasteiger partial charge >= 0.3 is 6.03 Å². The molecule has 3 aromatic rings. The molecule has 2 amide bonds. The van der Waals surface area contributed by atoms with Gasteiger partial charge in [0.15, 0.2) is 0 Å². The van der Waals surface area contributed by atoms with Crippen LogP contribution >= 0.6 is 11.6 Å². The Hall–Kier alpha value is -3.05. The molecule has 0 unspecified atom stereocenters. The highest BCUT2D eigenvalue weighted by Crippen LogP contribution is 2.25. The van der Waals surface area contributed by atoms with Crippen molar-refractivity contribution >= 4 is 17.6 Å². The fourth-order valence-corrected chi connectivity index (χ4v) is 3.33. The maximum Gasteiger partial charge on any atom is 0.318 e. The van der Waals surface area contributed by atoms with Crippen LogP contribution in [0.2, 0.25) is 5.02 Å². The summed E-state index contributed by atoms with van der Waals surface area (Å²) in [4.78, 5) is 18.6. The second-order valence-corrected chi connectivity index (χ2v) is 7.05. The topological polar surface area (TPSA) is 54.5 Å². The molecule has 0 saturated carbocycles. The van der Waals surface area contributed by atoms with Gasteiger partial charge < -0.3 is 15.0 Å². The Labute approximate surface area is 168 Å². The predicted molar refractivity (Wildman–Crippen MR) is 108 cm³/mol. The average molecular weight is 394 g/mol. The molecule has 0 atom stereocenters. The number of pyridine rings is 1. The molecule has 1 N–H and O–H groups in total. The van der Waals surface area contributed by atoms with Crippen LogP contribution in [0.5, 0.6) is 5.88 Å². The van der Waals surface area contributed by atoms with Crippen molar-refractivity contribution in [2.24, 2.45) is 0 Å². The number of likely N-dealkylation sites (tertiary alicyclic amines) is 1. The first-order valence-electron chi connectivity index (χ1n) is 9.13. The van der Waals surface area contributed by atoms with Crippen LogP contribution in [0.4, 0.5) is 4.79 Å². The number of halogens is 1. The van der Waals surface area contributed by atoms with E-state index in [0.717, 1.165) is 11.1 Å². The van der Waals surface area contributed by atoms with Gasteiger partial charge in [0.05, 0.1) is 19.1 Å². The first-order valence-corrected chi connectivity index (χ1v) is 9.51. The Morgan fingerprint density at radius 2 is 1.61 bits per heavy atom. The molecule has 6 heteroatoms. The highest BCUT2D eigenvalue weighted by molar-refractivity contribution is 6.31. The summed E-state index contributed by atoms with van der Waals surface area (Å²) >= 11 is 6.07. The summed E-state index contributed by atoms with van der Waals surface area (Å²) in [7, 11) is 0. The monoisotopic (exact) mass is 393 g/mol. The van der Waals surface area contributed by atoms with Crippen LogP contribution < -0.4 is 10.1 Å². The Morgan fingerprint density at radius 3 is 2.18 bits per heavy atom. The summed E-state index contributed by atoms with van der Waals surface area (Å²) in [6.07, 6.45) is 1.53. The molecule has 1 aliphatic heterocycles. The number of carbonyl (C=O) groups excluding carboxylic acids is 1. The number of nitrogens with one attached hydrogen (secondary N) is 1. The molecule has 1 aliphatic rings. The van der Waals surface area contributed by atoms with E-state index in [9.17, 15) is 4.79 Å². The molecule has 5 nitrogen and oxygen atoms in total. The highest BCUT2D eigenvalue weighted by Gasteiger charge is 2.34. The van der Waals surface area contributed by atoms with Crippen LogP contribution in [0, 0.1) is 0 Å². The molecule has 0 aliphatic carbocycles. The van der Waals surface area contributed by atoms with E-state index in [-0.39, 0.29) is 18.2 Å². The third-order valence-electron chi connectivity index (χ3n) is 4.67. The van der Waals surface area contributed by atoms with Gasteiger partial charge in [-0.05, 0) is 23.3 Å². The van der Waals surface area contributed by atoms with Crippen LogP contribution in [0.15, 0.2) is 79.0 Å². The number of urea groups is 1. The molecule has 4 rings (SSSR count). The Morgan fingerprint density at radius 1 is 1.00 bits per heavy atom. The number of rotatable bonds is 5. The Kier molecular flexibility index (Phi) is 5.44. The first-order chi connectivity index (χ1) is 13.7. The second kappa shape index (κ2) is 8.31. The fraction of sp³-hybridized carbons (Fsp3) is 0.182. The van der Waals surface area contributed by atoms with Crippen molar-refractivity contribution < 1.29 is 9.53 Å². The van der Waals surface area contributed by atoms with Crippen molar-refractivity contribution in [3.8, 4) is 5.88 Å². The van der Waals surface area contributed by atoms with E-state index in [4.69, 9.17) is 16.3 Å². The van der Waals surface area contributed by atoms with E-state index in [1.54, 1.807) is 23.2 Å². The molecule has 1 aromatic heterocycles. The summed E-state index contributed by atoms with van der Waals surface area (Å²) in [5.41, 5.74) is 2.08. The fourth-order valence-electron chi connectivity index (χ4n) is 3.16. The van der Waals surface area contributed by atoms with Gasteiger partial charge in [-0.1, -0.05) is 72.3 Å². The van der Waals surface area contributed by atoms with Crippen molar-refractivity contribution in [1.82, 2.24) is 15.2 Å². The van der Waals surface area contributed by atoms with Crippen LogP contribution in [0.25, 0.3) is 0 Å². The van der Waals surface area contributed by atoms with Crippen molar-refractivity contribution in [3.05, 3.63) is 95.1 Å². The lowest BCUT2D eigenvalue weighted by Gasteiger charge is -2.39. The van der Waals surface area contributed by atoms with Crippen LogP contribution in [-0.2, 0) is 0 Å². The molecule has 0 bridgehead atoms. The molecular weight excluding hydrogens is 374 g/mol. The Balaban J connectivity index is 1.40. The SMILES string of the molecule is O=C(NC(c1ccccc1)c1ccccc1)N1CC(Oc2ncccc2Cl)C1. The number of hydrogen-bond acceptors (Lipinski definition) is 3. The minimum atomic E-state index is -0.208. The first kappa shape index (κ1) is 18.3. The number of aromatic nitrogens is 1. The van der Waals surface area contributed by atoms with E-state index in [1.165, 1.54) is 0 Å². The van der Waals surface area contributed by atoms with E-state index in [2.05, 4.69) is 10.3 Å². The lowest BCUT2D eigenvalue weighted by molar-refractivity contribution is 0.0409. The third kappa shape index (κ3) is 4.10. The summed E-state index contributed by atoms with van der Waals surface area (Å²) in [5, 5.41) is 3.61. The van der Waals surface area contributed by atoms with Crippen LogP contribution in [0.1, 0.15) is 17.2 Å². The lowest BCUT2D eigenvalue weighted by Crippen LogP contribution is -2.59. The van der Waals surface area contributed by atoms with Gasteiger partial charge in [0.25, 0.3) is 0 Å². The second-order valence-electron chi connectivity index (χ2n) is 6.64. The number of hydrogen-bond donors (Lipinski definition) is 1. The molecule has 1 fully saturated rings. The highest BCUT2D eigenvalue weighted by atomic mass is 35.5. The minimum Gasteiger partial charge on any atom is -0.470 e. The van der Waals surface area contributed by atoms with Crippen LogP contribution in [0.3, 0.4) is 0 Å². The van der Waals surface area contributed by atoms with Crippen molar-refractivity contribution in [2.75, 3.05) is 13.1 Å².